The summed E-state index contributed by atoms with van der Waals surface area (Å²) in [6, 6.07) is 18.7. The maximum atomic E-state index is 6.00. The highest BCUT2D eigenvalue weighted by Crippen LogP contribution is 2.29. The maximum absolute atomic E-state index is 6.00. The zero-order chi connectivity index (χ0) is 16.2. The number of nitrogens with two attached hydrogens (primary N) is 1. The summed E-state index contributed by atoms with van der Waals surface area (Å²) < 4.78 is 11.0. The van der Waals surface area contributed by atoms with Crippen LogP contribution >= 0.6 is 0 Å². The molecule has 2 N–H and O–H groups in total. The third-order valence-corrected chi connectivity index (χ3v) is 3.79. The zero-order valence-corrected chi connectivity index (χ0v) is 14.0. The van der Waals surface area contributed by atoms with Gasteiger partial charge in [-0.15, -0.1) is 0 Å². The Morgan fingerprint density at radius 2 is 1.52 bits per heavy atom. The van der Waals surface area contributed by atoms with E-state index in [1.165, 1.54) is 17.5 Å². The van der Waals surface area contributed by atoms with Gasteiger partial charge in [0, 0.05) is 19.1 Å². The zero-order valence-electron chi connectivity index (χ0n) is 14.0. The number of unbranched alkanes of at least 4 members (excludes halogenated alkanes) is 1. The normalized spacial score (nSPS) is 10.7. The lowest BCUT2D eigenvalue weighted by Gasteiger charge is -2.11. The van der Waals surface area contributed by atoms with E-state index < -0.39 is 0 Å². The molecule has 2 aromatic rings. The topological polar surface area (TPSA) is 35.1 Å². The summed E-state index contributed by atoms with van der Waals surface area (Å²) >= 11 is 0. The lowest BCUT2D eigenvalue weighted by atomic mass is 10.1. The average molecular weight is 314 g/mol. The van der Waals surface area contributed by atoms with E-state index in [-0.39, 0.29) is 0 Å². The van der Waals surface area contributed by atoms with Crippen LogP contribution in [0.4, 0.5) is 0 Å². The van der Waals surface area contributed by atoms with Gasteiger partial charge in [-0.2, -0.15) is 0 Å². The van der Waals surface area contributed by atoms with E-state index in [2.05, 4.69) is 47.8 Å². The van der Waals surface area contributed by atoms with Crippen molar-refractivity contribution in [2.24, 2.45) is 0 Å². The van der Waals surface area contributed by atoms with Crippen LogP contribution in [-0.4, -0.2) is 33.4 Å². The van der Waals surface area contributed by atoms with Gasteiger partial charge in [-0.3, -0.25) is 0 Å². The SMILES string of the molecule is COCCC[NH2+]CCCCOc1ccccc1-c1ccccc1. The highest BCUT2D eigenvalue weighted by molar-refractivity contribution is 5.70. The van der Waals surface area contributed by atoms with Gasteiger partial charge in [-0.05, 0) is 24.5 Å². The number of hydrogen-bond acceptors (Lipinski definition) is 2. The molecule has 0 radical (unpaired) electrons. The lowest BCUT2D eigenvalue weighted by Crippen LogP contribution is -2.84. The second-order valence-corrected chi connectivity index (χ2v) is 5.63. The smallest absolute Gasteiger partial charge is 0.127 e. The predicted octanol–water partition coefficient (Wildman–Crippen LogP) is 3.11. The molecule has 0 saturated heterocycles. The van der Waals surface area contributed by atoms with Gasteiger partial charge in [-0.25, -0.2) is 0 Å². The molecule has 2 aromatic carbocycles. The number of rotatable bonds is 11. The third-order valence-electron chi connectivity index (χ3n) is 3.79. The molecule has 0 amide bonds. The molecule has 0 aliphatic carbocycles. The molecule has 3 nitrogen and oxygen atoms in total. The summed E-state index contributed by atoms with van der Waals surface area (Å²) in [5.74, 6) is 0.975. The highest BCUT2D eigenvalue weighted by atomic mass is 16.5. The van der Waals surface area contributed by atoms with Gasteiger partial charge in [0.05, 0.1) is 26.3 Å². The van der Waals surface area contributed by atoms with Gasteiger partial charge in [-0.1, -0.05) is 48.5 Å². The summed E-state index contributed by atoms with van der Waals surface area (Å²) in [7, 11) is 1.75. The molecule has 124 valence electrons. The summed E-state index contributed by atoms with van der Waals surface area (Å²) in [6.07, 6.45) is 3.39. The van der Waals surface area contributed by atoms with E-state index in [0.717, 1.165) is 44.9 Å². The number of quaternary nitrogens is 1. The van der Waals surface area contributed by atoms with Crippen LogP contribution < -0.4 is 10.1 Å². The van der Waals surface area contributed by atoms with Crippen molar-refractivity contribution in [3.63, 3.8) is 0 Å². The van der Waals surface area contributed by atoms with Gasteiger partial charge >= 0.3 is 0 Å². The Balaban J connectivity index is 1.70. The van der Waals surface area contributed by atoms with Crippen LogP contribution in [0.1, 0.15) is 19.3 Å². The van der Waals surface area contributed by atoms with Gasteiger partial charge < -0.3 is 14.8 Å². The minimum Gasteiger partial charge on any atom is -0.493 e. The summed E-state index contributed by atoms with van der Waals surface area (Å²) in [5, 5.41) is 2.36. The molecular formula is C20H28NO2+. The van der Waals surface area contributed by atoms with Crippen molar-refractivity contribution in [1.82, 2.24) is 0 Å². The molecule has 0 spiro atoms. The van der Waals surface area contributed by atoms with Gasteiger partial charge in [0.25, 0.3) is 0 Å². The molecule has 3 heteroatoms. The molecule has 0 bridgehead atoms. The second-order valence-electron chi connectivity index (χ2n) is 5.63. The van der Waals surface area contributed by atoms with Crippen LogP contribution in [0, 0.1) is 0 Å². The molecule has 0 aromatic heterocycles. The van der Waals surface area contributed by atoms with Gasteiger partial charge in [0.2, 0.25) is 0 Å². The van der Waals surface area contributed by atoms with Crippen LogP contribution in [-0.2, 0) is 4.74 Å². The number of methoxy groups -OCH3 is 1. The van der Waals surface area contributed by atoms with E-state index in [4.69, 9.17) is 9.47 Å². The maximum Gasteiger partial charge on any atom is 0.127 e. The van der Waals surface area contributed by atoms with Crippen LogP contribution in [0.15, 0.2) is 54.6 Å². The number of benzene rings is 2. The van der Waals surface area contributed by atoms with Crippen molar-refractivity contribution < 1.29 is 14.8 Å². The molecule has 2 rings (SSSR count). The molecule has 0 saturated carbocycles. The highest BCUT2D eigenvalue weighted by Gasteiger charge is 2.05. The van der Waals surface area contributed by atoms with Crippen LogP contribution in [0.2, 0.25) is 0 Å². The van der Waals surface area contributed by atoms with Crippen molar-refractivity contribution in [2.75, 3.05) is 33.4 Å². The Morgan fingerprint density at radius 1 is 0.783 bits per heavy atom. The first-order valence-corrected chi connectivity index (χ1v) is 8.49. The van der Waals surface area contributed by atoms with Crippen molar-refractivity contribution in [2.45, 2.75) is 19.3 Å². The van der Waals surface area contributed by atoms with Crippen LogP contribution in [0.5, 0.6) is 5.75 Å². The van der Waals surface area contributed by atoms with Gasteiger partial charge in [0.15, 0.2) is 0 Å². The largest absolute Gasteiger partial charge is 0.493 e. The summed E-state index contributed by atoms with van der Waals surface area (Å²) in [4.78, 5) is 0. The number of hydrogen-bond donors (Lipinski definition) is 1. The van der Waals surface area contributed by atoms with E-state index in [1.807, 2.05) is 12.1 Å². The fourth-order valence-corrected chi connectivity index (χ4v) is 2.54. The van der Waals surface area contributed by atoms with Crippen LogP contribution in [0.3, 0.4) is 0 Å². The predicted molar refractivity (Wildman–Crippen MR) is 94.8 cm³/mol. The van der Waals surface area contributed by atoms with Gasteiger partial charge in [0.1, 0.15) is 5.75 Å². The molecule has 0 heterocycles. The summed E-state index contributed by atoms with van der Waals surface area (Å²) in [5.41, 5.74) is 2.37. The average Bonchev–Trinajstić information content (AvgIpc) is 2.61. The number of ether oxygens (including phenoxy) is 2. The minimum atomic E-state index is 0.774. The minimum absolute atomic E-state index is 0.774. The van der Waals surface area contributed by atoms with E-state index >= 15 is 0 Å². The third kappa shape index (κ3) is 6.43. The Kier molecular flexibility index (Phi) is 8.23. The first kappa shape index (κ1) is 17.5. The Labute approximate surface area is 139 Å². The molecule has 0 atom stereocenters. The summed E-state index contributed by atoms with van der Waals surface area (Å²) in [6.45, 7) is 3.94. The molecule has 0 aliphatic rings. The van der Waals surface area contributed by atoms with E-state index in [9.17, 15) is 0 Å². The molecule has 23 heavy (non-hydrogen) atoms. The quantitative estimate of drug-likeness (QED) is 0.647. The second kappa shape index (κ2) is 10.8. The molecule has 0 unspecified atom stereocenters. The first-order valence-electron chi connectivity index (χ1n) is 8.49. The van der Waals surface area contributed by atoms with Crippen LogP contribution in [0.25, 0.3) is 11.1 Å². The lowest BCUT2D eigenvalue weighted by molar-refractivity contribution is -0.655. The monoisotopic (exact) mass is 314 g/mol. The van der Waals surface area contributed by atoms with Crippen molar-refractivity contribution in [3.8, 4) is 16.9 Å². The fraction of sp³-hybridized carbons (Fsp3) is 0.400. The fourth-order valence-electron chi connectivity index (χ4n) is 2.54. The standard InChI is InChI=1S/C20H27NO2/c1-22-16-9-15-21-14-7-8-17-23-20-13-6-5-12-19(20)18-10-3-2-4-11-18/h2-6,10-13,21H,7-9,14-17H2,1H3/p+1. The molecular weight excluding hydrogens is 286 g/mol. The molecule has 0 aliphatic heterocycles. The van der Waals surface area contributed by atoms with Crippen molar-refractivity contribution in [3.05, 3.63) is 54.6 Å². The van der Waals surface area contributed by atoms with Crippen molar-refractivity contribution >= 4 is 0 Å². The van der Waals surface area contributed by atoms with E-state index in [1.54, 1.807) is 7.11 Å². The molecule has 0 fully saturated rings. The Bertz CT molecular complexity index is 542. The number of para-hydroxylation sites is 1. The van der Waals surface area contributed by atoms with E-state index in [0.29, 0.717) is 0 Å². The Hall–Kier alpha value is -1.84. The first-order chi connectivity index (χ1) is 11.4. The van der Waals surface area contributed by atoms with Crippen molar-refractivity contribution in [1.29, 1.82) is 0 Å². The Morgan fingerprint density at radius 3 is 2.35 bits per heavy atom.